The van der Waals surface area contributed by atoms with Gasteiger partial charge in [-0.05, 0) is 18.2 Å². The van der Waals surface area contributed by atoms with Gasteiger partial charge in [-0.2, -0.15) is 19.5 Å². The van der Waals surface area contributed by atoms with Gasteiger partial charge in [-0.1, -0.05) is 27.5 Å². The van der Waals surface area contributed by atoms with Crippen LogP contribution < -0.4 is 5.73 Å². The molecule has 0 spiro atoms. The van der Waals surface area contributed by atoms with E-state index in [2.05, 4.69) is 36.0 Å². The van der Waals surface area contributed by atoms with Gasteiger partial charge in [-0.15, -0.1) is 5.10 Å². The van der Waals surface area contributed by atoms with Crippen LogP contribution in [0.1, 0.15) is 0 Å². The summed E-state index contributed by atoms with van der Waals surface area (Å²) in [6.45, 7) is 0. The Morgan fingerprint density at radius 1 is 1.27 bits per heavy atom. The van der Waals surface area contributed by atoms with Crippen LogP contribution in [-0.2, 0) is 9.84 Å². The smallest absolute Gasteiger partial charge is 0.258 e. The third-order valence-electron chi connectivity index (χ3n) is 2.72. The number of rotatable bonds is 2. The first kappa shape index (κ1) is 15.1. The second kappa shape index (κ2) is 5.14. The van der Waals surface area contributed by atoms with Crippen molar-refractivity contribution in [1.82, 2.24) is 24.6 Å². The number of hydrogen-bond acceptors (Lipinski definition) is 7. The highest BCUT2D eigenvalue weighted by atomic mass is 79.9. The second-order valence-electron chi connectivity index (χ2n) is 4.41. The molecule has 0 atom stereocenters. The van der Waals surface area contributed by atoms with E-state index in [9.17, 15) is 8.42 Å². The summed E-state index contributed by atoms with van der Waals surface area (Å²) >= 11 is 9.46. The van der Waals surface area contributed by atoms with Gasteiger partial charge < -0.3 is 5.73 Å². The lowest BCUT2D eigenvalue weighted by atomic mass is 10.2. The van der Waals surface area contributed by atoms with E-state index in [0.29, 0.717) is 10.6 Å². The van der Waals surface area contributed by atoms with E-state index in [1.54, 1.807) is 18.2 Å². The standard InChI is InChI=1S/C11H8BrClN6O2S/c1-22(20,21)11-16-9(14)19-10(17-11)15-8(18-19)6-3-2-5(12)4-7(6)13/h2-4H,1H3,(H2,14,15,16,17,18). The average Bonchev–Trinajstić information content (AvgIpc) is 2.81. The van der Waals surface area contributed by atoms with Crippen LogP contribution in [0.5, 0.6) is 0 Å². The molecule has 0 bridgehead atoms. The summed E-state index contributed by atoms with van der Waals surface area (Å²) in [5.41, 5.74) is 6.28. The molecule has 0 unspecified atom stereocenters. The number of halogens is 2. The molecule has 0 aliphatic carbocycles. The number of benzene rings is 1. The fourth-order valence-corrected chi connectivity index (χ4v) is 3.00. The third kappa shape index (κ3) is 2.64. The Labute approximate surface area is 138 Å². The maximum atomic E-state index is 11.5. The van der Waals surface area contributed by atoms with Crippen molar-refractivity contribution in [2.24, 2.45) is 0 Å². The molecule has 0 saturated carbocycles. The summed E-state index contributed by atoms with van der Waals surface area (Å²) in [6.07, 6.45) is 0.987. The maximum Gasteiger partial charge on any atom is 0.258 e. The molecule has 0 aliphatic rings. The van der Waals surface area contributed by atoms with E-state index < -0.39 is 15.0 Å². The van der Waals surface area contributed by atoms with Gasteiger partial charge in [-0.3, -0.25) is 0 Å². The Hall–Kier alpha value is -1.78. The Kier molecular flexibility index (Phi) is 3.54. The van der Waals surface area contributed by atoms with E-state index in [1.807, 2.05) is 0 Å². The Bertz CT molecular complexity index is 1000. The highest BCUT2D eigenvalue weighted by molar-refractivity contribution is 9.10. The van der Waals surface area contributed by atoms with Gasteiger partial charge in [0.05, 0.1) is 5.02 Å². The average molecular weight is 404 g/mol. The molecule has 0 saturated heterocycles. The van der Waals surface area contributed by atoms with Crippen LogP contribution in [0, 0.1) is 0 Å². The summed E-state index contributed by atoms with van der Waals surface area (Å²) in [5.74, 6) is 0.170. The van der Waals surface area contributed by atoms with Crippen LogP contribution in [0.2, 0.25) is 5.02 Å². The highest BCUT2D eigenvalue weighted by Crippen LogP contribution is 2.28. The van der Waals surface area contributed by atoms with Crippen molar-refractivity contribution >= 4 is 49.1 Å². The van der Waals surface area contributed by atoms with Crippen molar-refractivity contribution in [1.29, 1.82) is 0 Å². The van der Waals surface area contributed by atoms with E-state index in [1.165, 1.54) is 0 Å². The topological polar surface area (TPSA) is 116 Å². The van der Waals surface area contributed by atoms with Crippen LogP contribution >= 0.6 is 27.5 Å². The minimum Gasteiger partial charge on any atom is -0.368 e. The predicted octanol–water partition coefficient (Wildman–Crippen LogP) is 1.59. The fourth-order valence-electron chi connectivity index (χ4n) is 1.74. The zero-order chi connectivity index (χ0) is 16.1. The summed E-state index contributed by atoms with van der Waals surface area (Å²) < 4.78 is 25.0. The van der Waals surface area contributed by atoms with E-state index in [4.69, 9.17) is 17.3 Å². The molecule has 22 heavy (non-hydrogen) atoms. The molecule has 11 heteroatoms. The van der Waals surface area contributed by atoms with Gasteiger partial charge in [0.2, 0.25) is 15.8 Å². The molecule has 2 heterocycles. The van der Waals surface area contributed by atoms with Crippen LogP contribution in [-0.4, -0.2) is 39.2 Å². The maximum absolute atomic E-state index is 11.5. The van der Waals surface area contributed by atoms with Crippen LogP contribution in [0.25, 0.3) is 17.2 Å². The Morgan fingerprint density at radius 3 is 2.64 bits per heavy atom. The molecule has 3 rings (SSSR count). The number of aromatic nitrogens is 5. The van der Waals surface area contributed by atoms with Gasteiger partial charge in [-0.25, -0.2) is 8.42 Å². The predicted molar refractivity (Wildman–Crippen MR) is 84.2 cm³/mol. The van der Waals surface area contributed by atoms with Crippen molar-refractivity contribution in [3.05, 3.63) is 27.7 Å². The molecule has 1 aromatic carbocycles. The molecule has 2 N–H and O–H groups in total. The number of nitrogens with zero attached hydrogens (tertiary/aromatic N) is 5. The van der Waals surface area contributed by atoms with Gasteiger partial charge in [0, 0.05) is 16.3 Å². The molecule has 0 fully saturated rings. The minimum atomic E-state index is -3.60. The lowest BCUT2D eigenvalue weighted by Crippen LogP contribution is -2.11. The van der Waals surface area contributed by atoms with Crippen LogP contribution in [0.3, 0.4) is 0 Å². The quantitative estimate of drug-likeness (QED) is 0.690. The second-order valence-corrected chi connectivity index (χ2v) is 7.64. The third-order valence-corrected chi connectivity index (χ3v) is 4.37. The molecule has 114 valence electrons. The summed E-state index contributed by atoms with van der Waals surface area (Å²) in [7, 11) is -3.60. The normalized spacial score (nSPS) is 12.0. The number of hydrogen-bond donors (Lipinski definition) is 1. The molecular formula is C11H8BrClN6O2S. The number of nitrogen functional groups attached to an aromatic ring is 1. The van der Waals surface area contributed by atoms with Crippen LogP contribution in [0.4, 0.5) is 5.95 Å². The van der Waals surface area contributed by atoms with Crippen molar-refractivity contribution in [2.75, 3.05) is 12.0 Å². The SMILES string of the molecule is CS(=O)(=O)c1nc(N)n2nc(-c3ccc(Br)cc3Cl)nc2n1. The summed E-state index contributed by atoms with van der Waals surface area (Å²) in [5, 5.41) is 4.18. The first-order valence-electron chi connectivity index (χ1n) is 5.81. The number of nitrogens with two attached hydrogens (primary N) is 1. The van der Waals surface area contributed by atoms with Crippen molar-refractivity contribution in [3.8, 4) is 11.4 Å². The molecule has 3 aromatic rings. The molecule has 2 aromatic heterocycles. The molecule has 0 amide bonds. The monoisotopic (exact) mass is 402 g/mol. The van der Waals surface area contributed by atoms with Crippen molar-refractivity contribution in [2.45, 2.75) is 5.16 Å². The fraction of sp³-hybridized carbons (Fsp3) is 0.0909. The van der Waals surface area contributed by atoms with Crippen molar-refractivity contribution < 1.29 is 8.42 Å². The Morgan fingerprint density at radius 2 is 2.00 bits per heavy atom. The highest BCUT2D eigenvalue weighted by Gasteiger charge is 2.18. The largest absolute Gasteiger partial charge is 0.368 e. The number of anilines is 1. The lowest BCUT2D eigenvalue weighted by molar-refractivity contribution is 0.592. The van der Waals surface area contributed by atoms with Gasteiger partial charge >= 0.3 is 0 Å². The first-order valence-corrected chi connectivity index (χ1v) is 8.88. The summed E-state index contributed by atoms with van der Waals surface area (Å²) in [6, 6.07) is 5.20. The van der Waals surface area contributed by atoms with Crippen LogP contribution in [0.15, 0.2) is 27.8 Å². The lowest BCUT2D eigenvalue weighted by Gasteiger charge is -1.99. The molecule has 8 nitrogen and oxygen atoms in total. The van der Waals surface area contributed by atoms with E-state index in [-0.39, 0.29) is 17.6 Å². The van der Waals surface area contributed by atoms with E-state index in [0.717, 1.165) is 15.2 Å². The summed E-state index contributed by atoms with van der Waals surface area (Å²) in [4.78, 5) is 11.7. The molecular weight excluding hydrogens is 396 g/mol. The number of sulfone groups is 1. The zero-order valence-electron chi connectivity index (χ0n) is 11.0. The minimum absolute atomic E-state index is 0.0295. The van der Waals surface area contributed by atoms with E-state index >= 15 is 0 Å². The zero-order valence-corrected chi connectivity index (χ0v) is 14.2. The van der Waals surface area contributed by atoms with Gasteiger partial charge in [0.1, 0.15) is 0 Å². The Balaban J connectivity index is 2.24. The number of fused-ring (bicyclic) bond motifs is 1. The van der Waals surface area contributed by atoms with Gasteiger partial charge in [0.15, 0.2) is 5.82 Å². The molecule has 0 aliphatic heterocycles. The van der Waals surface area contributed by atoms with Gasteiger partial charge in [0.25, 0.3) is 10.9 Å². The molecule has 0 radical (unpaired) electrons. The first-order chi connectivity index (χ1) is 10.3. The van der Waals surface area contributed by atoms with Crippen molar-refractivity contribution in [3.63, 3.8) is 0 Å².